The van der Waals surface area contributed by atoms with Crippen LogP contribution >= 0.6 is 15.9 Å². The molecule has 0 radical (unpaired) electrons. The highest BCUT2D eigenvalue weighted by Crippen LogP contribution is 2.43. The van der Waals surface area contributed by atoms with Gasteiger partial charge in [0.05, 0.1) is 12.6 Å². The average molecular weight is 411 g/mol. The van der Waals surface area contributed by atoms with Gasteiger partial charge in [-0.1, -0.05) is 28.1 Å². The van der Waals surface area contributed by atoms with Crippen LogP contribution in [0.2, 0.25) is 0 Å². The van der Waals surface area contributed by atoms with Crippen molar-refractivity contribution in [2.24, 2.45) is 5.92 Å². The Morgan fingerprint density at radius 2 is 2.12 bits per heavy atom. The highest BCUT2D eigenvalue weighted by atomic mass is 79.9. The first kappa shape index (κ1) is 18.5. The molecule has 6 nitrogen and oxygen atoms in total. The Balaban J connectivity index is 2.57. The van der Waals surface area contributed by atoms with E-state index in [-0.39, 0.29) is 12.2 Å². The number of carbonyl (C=O) groups is 2. The zero-order valence-corrected chi connectivity index (χ0v) is 13.9. The van der Waals surface area contributed by atoms with E-state index >= 15 is 0 Å². The van der Waals surface area contributed by atoms with Gasteiger partial charge in [0.15, 0.2) is 0 Å². The maximum atomic E-state index is 13.4. The van der Waals surface area contributed by atoms with Gasteiger partial charge in [-0.05, 0) is 24.6 Å². The summed E-state index contributed by atoms with van der Waals surface area (Å²) in [6.45, 7) is 1.25. The fourth-order valence-corrected chi connectivity index (χ4v) is 2.93. The van der Waals surface area contributed by atoms with Crippen LogP contribution in [0.3, 0.4) is 0 Å². The molecule has 1 aromatic carbocycles. The smallest absolute Gasteiger partial charge is 0.437 e. The summed E-state index contributed by atoms with van der Waals surface area (Å²) in [5.41, 5.74) is -3.55. The molecule has 3 atom stereocenters. The van der Waals surface area contributed by atoms with Crippen molar-refractivity contribution in [3.8, 4) is 0 Å². The van der Waals surface area contributed by atoms with Crippen LogP contribution in [-0.4, -0.2) is 35.6 Å². The van der Waals surface area contributed by atoms with Crippen LogP contribution in [-0.2, 0) is 9.53 Å². The normalized spacial score (nSPS) is 27.2. The van der Waals surface area contributed by atoms with Crippen molar-refractivity contribution in [3.63, 3.8) is 0 Å². The van der Waals surface area contributed by atoms with Crippen molar-refractivity contribution >= 4 is 27.9 Å². The van der Waals surface area contributed by atoms with Gasteiger partial charge < -0.3 is 20.5 Å². The second-order valence-electron chi connectivity index (χ2n) is 5.12. The number of esters is 1. The lowest BCUT2D eigenvalue weighted by Crippen LogP contribution is -2.73. The largest absolute Gasteiger partial charge is 0.466 e. The number of ether oxygens (including phenoxy) is 1. The molecule has 0 aromatic heterocycles. The van der Waals surface area contributed by atoms with Crippen LogP contribution in [0.4, 0.5) is 18.0 Å². The van der Waals surface area contributed by atoms with Crippen LogP contribution in [0.25, 0.3) is 0 Å². The van der Waals surface area contributed by atoms with E-state index in [4.69, 9.17) is 0 Å². The number of nitrogens with one attached hydrogen (secondary N) is 2. The van der Waals surface area contributed by atoms with E-state index in [1.807, 2.05) is 0 Å². The Bertz CT molecular complexity index is 655. The molecular weight excluding hydrogens is 397 g/mol. The van der Waals surface area contributed by atoms with Gasteiger partial charge in [0.1, 0.15) is 5.92 Å². The van der Waals surface area contributed by atoms with E-state index in [9.17, 15) is 27.9 Å². The SMILES string of the molecule is CCOC(=O)[C@H]1[C@H](c2cccc(Br)c2)NC(=O)N[C@@]1(O)C(F)(F)F. The van der Waals surface area contributed by atoms with Gasteiger partial charge in [-0.3, -0.25) is 4.79 Å². The van der Waals surface area contributed by atoms with Crippen molar-refractivity contribution in [2.45, 2.75) is 24.9 Å². The van der Waals surface area contributed by atoms with Gasteiger partial charge in [-0.15, -0.1) is 0 Å². The minimum atomic E-state index is -5.29. The Labute approximate surface area is 143 Å². The molecule has 3 N–H and O–H groups in total. The van der Waals surface area contributed by atoms with Crippen LogP contribution in [0.5, 0.6) is 0 Å². The highest BCUT2D eigenvalue weighted by Gasteiger charge is 2.67. The number of hydrogen-bond acceptors (Lipinski definition) is 4. The molecule has 1 aliphatic heterocycles. The van der Waals surface area contributed by atoms with Crippen LogP contribution < -0.4 is 10.6 Å². The molecule has 0 aliphatic carbocycles. The molecule has 0 saturated carbocycles. The molecule has 1 fully saturated rings. The second-order valence-corrected chi connectivity index (χ2v) is 6.04. The molecule has 24 heavy (non-hydrogen) atoms. The predicted molar refractivity (Wildman–Crippen MR) is 79.7 cm³/mol. The number of halogens is 4. The molecule has 1 aliphatic rings. The Kier molecular flexibility index (Phi) is 5.09. The van der Waals surface area contributed by atoms with E-state index in [0.717, 1.165) is 0 Å². The summed E-state index contributed by atoms with van der Waals surface area (Å²) in [6.07, 6.45) is -5.29. The molecule has 1 saturated heterocycles. The number of rotatable bonds is 3. The zero-order valence-electron chi connectivity index (χ0n) is 12.4. The third-order valence-corrected chi connectivity index (χ3v) is 4.05. The summed E-state index contributed by atoms with van der Waals surface area (Å²) >= 11 is 3.17. The minimum Gasteiger partial charge on any atom is -0.466 e. The number of urea groups is 1. The van der Waals surface area contributed by atoms with Crippen molar-refractivity contribution < 1.29 is 32.6 Å². The lowest BCUT2D eigenvalue weighted by Gasteiger charge is -2.44. The summed E-state index contributed by atoms with van der Waals surface area (Å²) in [6, 6.07) is 3.36. The van der Waals surface area contributed by atoms with Crippen molar-refractivity contribution in [3.05, 3.63) is 34.3 Å². The zero-order chi connectivity index (χ0) is 18.1. The maximum absolute atomic E-state index is 13.4. The Morgan fingerprint density at radius 3 is 2.67 bits per heavy atom. The van der Waals surface area contributed by atoms with Crippen LogP contribution in [0.15, 0.2) is 28.7 Å². The molecule has 2 amide bonds. The van der Waals surface area contributed by atoms with Crippen molar-refractivity contribution in [1.29, 1.82) is 0 Å². The minimum absolute atomic E-state index is 0.178. The van der Waals surface area contributed by atoms with Crippen LogP contribution in [0.1, 0.15) is 18.5 Å². The van der Waals surface area contributed by atoms with E-state index in [1.54, 1.807) is 6.07 Å². The summed E-state index contributed by atoms with van der Waals surface area (Å²) in [4.78, 5) is 23.8. The first-order valence-corrected chi connectivity index (χ1v) is 7.69. The Morgan fingerprint density at radius 1 is 1.46 bits per heavy atom. The molecular formula is C14H14BrF3N2O4. The monoisotopic (exact) mass is 410 g/mol. The number of carbonyl (C=O) groups excluding carboxylic acids is 2. The second kappa shape index (κ2) is 6.60. The van der Waals surface area contributed by atoms with Gasteiger partial charge in [0.25, 0.3) is 5.72 Å². The number of amides is 2. The van der Waals surface area contributed by atoms with E-state index in [2.05, 4.69) is 26.0 Å². The van der Waals surface area contributed by atoms with Gasteiger partial charge in [-0.2, -0.15) is 13.2 Å². The maximum Gasteiger partial charge on any atom is 0.437 e. The summed E-state index contributed by atoms with van der Waals surface area (Å²) in [5, 5.41) is 13.8. The molecule has 0 bridgehead atoms. The number of aliphatic hydroxyl groups is 1. The quantitative estimate of drug-likeness (QED) is 0.666. The van der Waals surface area contributed by atoms with Gasteiger partial charge in [0, 0.05) is 4.47 Å². The third-order valence-electron chi connectivity index (χ3n) is 3.55. The Hall–Kier alpha value is -1.81. The molecule has 1 heterocycles. The lowest BCUT2D eigenvalue weighted by atomic mass is 9.82. The summed E-state index contributed by atoms with van der Waals surface area (Å²) < 4.78 is 45.4. The lowest BCUT2D eigenvalue weighted by molar-refractivity contribution is -0.294. The average Bonchev–Trinajstić information content (AvgIpc) is 2.45. The molecule has 0 spiro atoms. The third kappa shape index (κ3) is 3.34. The molecule has 1 aromatic rings. The van der Waals surface area contributed by atoms with Crippen molar-refractivity contribution in [2.75, 3.05) is 6.61 Å². The number of benzene rings is 1. The van der Waals surface area contributed by atoms with Gasteiger partial charge >= 0.3 is 18.2 Å². The van der Waals surface area contributed by atoms with Crippen LogP contribution in [0, 0.1) is 5.92 Å². The van der Waals surface area contributed by atoms with E-state index in [1.165, 1.54) is 30.4 Å². The number of hydrogen-bond donors (Lipinski definition) is 3. The molecule has 2 rings (SSSR count). The van der Waals surface area contributed by atoms with E-state index < -0.39 is 35.9 Å². The first-order valence-electron chi connectivity index (χ1n) is 6.90. The topological polar surface area (TPSA) is 87.7 Å². The number of alkyl halides is 3. The molecule has 10 heteroatoms. The fraction of sp³-hybridized carbons (Fsp3) is 0.429. The predicted octanol–water partition coefficient (Wildman–Crippen LogP) is 2.23. The standard InChI is InChI=1S/C14H14BrF3N2O4/c1-2-24-11(21)9-10(7-4-3-5-8(15)6-7)19-12(22)20-13(9,23)14(16,17)18/h3-6,9-10,23H,2H2,1H3,(H2,19,20,22)/t9-,10+,13+/m1/s1. The van der Waals surface area contributed by atoms with E-state index in [0.29, 0.717) is 4.47 Å². The fourth-order valence-electron chi connectivity index (χ4n) is 2.51. The molecule has 0 unspecified atom stereocenters. The van der Waals surface area contributed by atoms with Gasteiger partial charge in [0.2, 0.25) is 0 Å². The summed E-state index contributed by atoms with van der Waals surface area (Å²) in [7, 11) is 0. The summed E-state index contributed by atoms with van der Waals surface area (Å²) in [5.74, 6) is -3.40. The van der Waals surface area contributed by atoms with Crippen molar-refractivity contribution in [1.82, 2.24) is 10.6 Å². The molecule has 132 valence electrons. The first-order chi connectivity index (χ1) is 11.1. The van der Waals surface area contributed by atoms with Gasteiger partial charge in [-0.25, -0.2) is 4.79 Å². The highest BCUT2D eigenvalue weighted by molar-refractivity contribution is 9.10.